The number of aromatic nitrogens is 1. The summed E-state index contributed by atoms with van der Waals surface area (Å²) in [5.74, 6) is 0.483. The number of hydrogen-bond donors (Lipinski definition) is 1. The molecule has 3 aromatic rings. The fraction of sp³-hybridized carbons (Fsp3) is 0.273. The molecule has 0 radical (unpaired) electrons. The molecule has 1 amide bonds. The molecule has 1 saturated heterocycles. The number of halogens is 2. The van der Waals surface area contributed by atoms with Gasteiger partial charge in [-0.05, 0) is 37.9 Å². The Balaban J connectivity index is 0.00000140. The van der Waals surface area contributed by atoms with Gasteiger partial charge >= 0.3 is 0 Å². The summed E-state index contributed by atoms with van der Waals surface area (Å²) in [6, 6.07) is 18.1. The van der Waals surface area contributed by atoms with Crippen molar-refractivity contribution in [3.8, 4) is 11.3 Å². The lowest BCUT2D eigenvalue weighted by molar-refractivity contribution is 0.0789. The third-order valence-electron chi connectivity index (χ3n) is 5.20. The molecule has 6 heteroatoms. The fourth-order valence-electron chi connectivity index (χ4n) is 3.60. The van der Waals surface area contributed by atoms with E-state index in [-0.39, 0.29) is 30.7 Å². The van der Waals surface area contributed by atoms with Gasteiger partial charge < -0.3 is 10.6 Å². The number of pyridine rings is 1. The van der Waals surface area contributed by atoms with E-state index in [0.29, 0.717) is 12.5 Å². The molecule has 0 bridgehead atoms. The number of para-hydroxylation sites is 1. The van der Waals surface area contributed by atoms with Gasteiger partial charge in [0.05, 0.1) is 16.8 Å². The van der Waals surface area contributed by atoms with Gasteiger partial charge in [-0.15, -0.1) is 24.8 Å². The van der Waals surface area contributed by atoms with Crippen LogP contribution in [-0.2, 0) is 0 Å². The van der Waals surface area contributed by atoms with Crippen LogP contribution in [0.5, 0.6) is 0 Å². The molecule has 2 N–H and O–H groups in total. The van der Waals surface area contributed by atoms with Crippen LogP contribution in [0.3, 0.4) is 0 Å². The molecule has 4 rings (SSSR count). The maximum atomic E-state index is 13.2. The third kappa shape index (κ3) is 4.30. The summed E-state index contributed by atoms with van der Waals surface area (Å²) in [6.07, 6.45) is 0.982. The Morgan fingerprint density at radius 1 is 1.14 bits per heavy atom. The minimum absolute atomic E-state index is 0. The molecule has 1 aliphatic heterocycles. The van der Waals surface area contributed by atoms with E-state index in [0.717, 1.165) is 47.2 Å². The summed E-state index contributed by atoms with van der Waals surface area (Å²) in [5.41, 5.74) is 10.4. The van der Waals surface area contributed by atoms with Crippen molar-refractivity contribution in [2.24, 2.45) is 11.7 Å². The molecule has 0 saturated carbocycles. The smallest absolute Gasteiger partial charge is 0.254 e. The Morgan fingerprint density at radius 2 is 1.86 bits per heavy atom. The number of rotatable bonds is 3. The van der Waals surface area contributed by atoms with Crippen molar-refractivity contribution in [1.29, 1.82) is 0 Å². The molecule has 2 aromatic carbocycles. The van der Waals surface area contributed by atoms with Gasteiger partial charge in [-0.25, -0.2) is 4.98 Å². The lowest BCUT2D eigenvalue weighted by atomic mass is 10.0. The number of benzene rings is 2. The second-order valence-corrected chi connectivity index (χ2v) is 7.08. The maximum Gasteiger partial charge on any atom is 0.254 e. The first-order valence-corrected chi connectivity index (χ1v) is 9.12. The number of amides is 1. The molecular weight excluding hydrogens is 393 g/mol. The number of carbonyl (C=O) groups excluding carboxylic acids is 1. The van der Waals surface area contributed by atoms with E-state index < -0.39 is 0 Å². The topological polar surface area (TPSA) is 59.2 Å². The van der Waals surface area contributed by atoms with Gasteiger partial charge in [-0.3, -0.25) is 4.79 Å². The van der Waals surface area contributed by atoms with Crippen LogP contribution in [0.4, 0.5) is 0 Å². The fourth-order valence-corrected chi connectivity index (χ4v) is 3.60. The molecule has 1 aliphatic rings. The lowest BCUT2D eigenvalue weighted by Gasteiger charge is -2.18. The number of fused-ring (bicyclic) bond motifs is 1. The summed E-state index contributed by atoms with van der Waals surface area (Å²) < 4.78 is 0. The number of hydrogen-bond acceptors (Lipinski definition) is 3. The van der Waals surface area contributed by atoms with Crippen molar-refractivity contribution >= 4 is 41.6 Å². The van der Waals surface area contributed by atoms with E-state index in [4.69, 9.17) is 10.7 Å². The summed E-state index contributed by atoms with van der Waals surface area (Å²) in [5, 5.41) is 0.907. The highest BCUT2D eigenvalue weighted by Gasteiger charge is 2.27. The normalized spacial score (nSPS) is 15.8. The van der Waals surface area contributed by atoms with Crippen LogP contribution in [0.25, 0.3) is 22.2 Å². The van der Waals surface area contributed by atoms with E-state index in [2.05, 4.69) is 31.2 Å². The largest absolute Gasteiger partial charge is 0.338 e. The Morgan fingerprint density at radius 3 is 2.54 bits per heavy atom. The van der Waals surface area contributed by atoms with Gasteiger partial charge in [0.1, 0.15) is 0 Å². The van der Waals surface area contributed by atoms with E-state index in [1.54, 1.807) is 0 Å². The Kier molecular flexibility index (Phi) is 7.41. The maximum absolute atomic E-state index is 13.2. The highest BCUT2D eigenvalue weighted by atomic mass is 35.5. The molecule has 1 aromatic heterocycles. The second-order valence-electron chi connectivity index (χ2n) is 7.08. The Bertz CT molecular complexity index is 960. The molecule has 148 valence electrons. The Hall–Kier alpha value is -2.14. The van der Waals surface area contributed by atoms with Crippen LogP contribution in [0.1, 0.15) is 22.3 Å². The van der Waals surface area contributed by atoms with Crippen LogP contribution in [-0.4, -0.2) is 35.4 Å². The zero-order valence-electron chi connectivity index (χ0n) is 15.8. The molecule has 2 heterocycles. The van der Waals surface area contributed by atoms with E-state index in [1.165, 1.54) is 5.56 Å². The number of aryl methyl sites for hydroxylation is 1. The minimum Gasteiger partial charge on any atom is -0.338 e. The predicted molar refractivity (Wildman–Crippen MR) is 119 cm³/mol. The van der Waals surface area contributed by atoms with E-state index in [9.17, 15) is 4.79 Å². The van der Waals surface area contributed by atoms with Crippen molar-refractivity contribution in [2.45, 2.75) is 13.3 Å². The first-order valence-electron chi connectivity index (χ1n) is 9.12. The molecule has 0 aliphatic carbocycles. The number of nitrogens with two attached hydrogens (primary N) is 1. The van der Waals surface area contributed by atoms with E-state index in [1.807, 2.05) is 35.2 Å². The van der Waals surface area contributed by atoms with Crippen LogP contribution >= 0.6 is 24.8 Å². The summed E-state index contributed by atoms with van der Waals surface area (Å²) >= 11 is 0. The first-order chi connectivity index (χ1) is 12.7. The average molecular weight is 418 g/mol. The molecule has 1 fully saturated rings. The van der Waals surface area contributed by atoms with Crippen molar-refractivity contribution in [3.63, 3.8) is 0 Å². The number of likely N-dealkylation sites (tertiary alicyclic amines) is 1. The van der Waals surface area contributed by atoms with Crippen LogP contribution in [0.15, 0.2) is 54.6 Å². The SMILES string of the molecule is Cc1ccc(-c2cc(C(=O)N3CCC(CN)C3)c3ccccc3n2)cc1.Cl.Cl. The first kappa shape index (κ1) is 22.2. The van der Waals surface area contributed by atoms with Gasteiger partial charge in [0, 0.05) is 24.0 Å². The van der Waals surface area contributed by atoms with Crippen LogP contribution in [0.2, 0.25) is 0 Å². The standard InChI is InChI=1S/C22H23N3O.2ClH/c1-15-6-8-17(9-7-15)21-12-19(18-4-2-3-5-20(18)24-21)22(26)25-11-10-16(13-23)14-25;;/h2-9,12,16H,10-11,13-14,23H2,1H3;2*1H. The van der Waals surface area contributed by atoms with Gasteiger partial charge in [0.2, 0.25) is 0 Å². The summed E-state index contributed by atoms with van der Waals surface area (Å²) in [7, 11) is 0. The summed E-state index contributed by atoms with van der Waals surface area (Å²) in [4.78, 5) is 19.9. The third-order valence-corrected chi connectivity index (χ3v) is 5.20. The van der Waals surface area contributed by atoms with Crippen molar-refractivity contribution in [1.82, 2.24) is 9.88 Å². The molecule has 0 spiro atoms. The predicted octanol–water partition coefficient (Wildman–Crippen LogP) is 4.47. The highest BCUT2D eigenvalue weighted by Crippen LogP contribution is 2.27. The quantitative estimate of drug-likeness (QED) is 0.683. The van der Waals surface area contributed by atoms with Crippen LogP contribution < -0.4 is 5.73 Å². The van der Waals surface area contributed by atoms with Gasteiger partial charge in [-0.2, -0.15) is 0 Å². The van der Waals surface area contributed by atoms with Crippen molar-refractivity contribution in [2.75, 3.05) is 19.6 Å². The molecular formula is C22H25Cl2N3O. The highest BCUT2D eigenvalue weighted by molar-refractivity contribution is 6.07. The molecule has 4 nitrogen and oxygen atoms in total. The van der Waals surface area contributed by atoms with Gasteiger partial charge in [0.25, 0.3) is 5.91 Å². The lowest BCUT2D eigenvalue weighted by Crippen LogP contribution is -2.30. The van der Waals surface area contributed by atoms with Crippen molar-refractivity contribution < 1.29 is 4.79 Å². The molecule has 28 heavy (non-hydrogen) atoms. The van der Waals surface area contributed by atoms with Crippen LogP contribution in [0, 0.1) is 12.8 Å². The summed E-state index contributed by atoms with van der Waals surface area (Å²) in [6.45, 7) is 4.21. The van der Waals surface area contributed by atoms with Crippen molar-refractivity contribution in [3.05, 3.63) is 65.7 Å². The van der Waals surface area contributed by atoms with Gasteiger partial charge in [0.15, 0.2) is 0 Å². The number of nitrogens with zero attached hydrogens (tertiary/aromatic N) is 2. The zero-order valence-corrected chi connectivity index (χ0v) is 17.4. The molecule has 1 unspecified atom stereocenters. The average Bonchev–Trinajstić information content (AvgIpc) is 3.16. The molecule has 1 atom stereocenters. The second kappa shape index (κ2) is 9.37. The Labute approximate surface area is 178 Å². The van der Waals surface area contributed by atoms with Gasteiger partial charge in [-0.1, -0.05) is 48.0 Å². The monoisotopic (exact) mass is 417 g/mol. The van der Waals surface area contributed by atoms with E-state index >= 15 is 0 Å². The minimum atomic E-state index is 0. The zero-order chi connectivity index (χ0) is 18.1. The number of carbonyl (C=O) groups is 1.